The van der Waals surface area contributed by atoms with Crippen molar-refractivity contribution in [2.75, 3.05) is 11.3 Å². The van der Waals surface area contributed by atoms with Crippen LogP contribution in [0.1, 0.15) is 11.1 Å². The quantitative estimate of drug-likeness (QED) is 0.929. The van der Waals surface area contributed by atoms with Crippen LogP contribution in [-0.2, 0) is 22.6 Å². The molecule has 23 heavy (non-hydrogen) atoms. The molecule has 8 heteroatoms. The molecule has 1 aliphatic heterocycles. The lowest BCUT2D eigenvalue weighted by atomic mass is 10.2. The van der Waals surface area contributed by atoms with Gasteiger partial charge in [0.15, 0.2) is 0 Å². The Morgan fingerprint density at radius 2 is 1.74 bits per heavy atom. The summed E-state index contributed by atoms with van der Waals surface area (Å²) in [6.07, 6.45) is -3.84. The number of sulfonamides is 1. The molecule has 4 nitrogen and oxygen atoms in total. The second-order valence-electron chi connectivity index (χ2n) is 5.05. The average molecular weight is 343 g/mol. The molecule has 0 spiro atoms. The van der Waals surface area contributed by atoms with Crippen molar-refractivity contribution in [1.29, 1.82) is 0 Å². The number of rotatable bonds is 3. The molecule has 0 fully saturated rings. The van der Waals surface area contributed by atoms with Gasteiger partial charge in [0.1, 0.15) is 5.75 Å². The smallest absolute Gasteiger partial charge is 0.416 e. The number of hydrogen-bond acceptors (Lipinski definition) is 3. The number of ether oxygens (including phenoxy) is 1. The molecular weight excluding hydrogens is 331 g/mol. The second kappa shape index (κ2) is 5.45. The maximum Gasteiger partial charge on any atom is 0.416 e. The van der Waals surface area contributed by atoms with Gasteiger partial charge in [-0.2, -0.15) is 13.2 Å². The number of fused-ring (bicyclic) bond motifs is 1. The van der Waals surface area contributed by atoms with Gasteiger partial charge in [-0.3, -0.25) is 4.72 Å². The third kappa shape index (κ3) is 3.26. The molecule has 0 amide bonds. The van der Waals surface area contributed by atoms with Crippen LogP contribution >= 0.6 is 0 Å². The van der Waals surface area contributed by atoms with Crippen LogP contribution in [0.2, 0.25) is 0 Å². The van der Waals surface area contributed by atoms with Gasteiger partial charge in [-0.25, -0.2) is 8.42 Å². The van der Waals surface area contributed by atoms with Crippen molar-refractivity contribution in [1.82, 2.24) is 0 Å². The summed E-state index contributed by atoms with van der Waals surface area (Å²) in [5.74, 6) is 0.651. The fourth-order valence-corrected chi connectivity index (χ4v) is 3.38. The van der Waals surface area contributed by atoms with E-state index >= 15 is 0 Å². The van der Waals surface area contributed by atoms with Gasteiger partial charge in [-0.15, -0.1) is 0 Å². The van der Waals surface area contributed by atoms with Crippen LogP contribution in [0.5, 0.6) is 5.75 Å². The minimum Gasteiger partial charge on any atom is -0.493 e. The maximum atomic E-state index is 12.5. The summed E-state index contributed by atoms with van der Waals surface area (Å²) in [6.45, 7) is 0.505. The van der Waals surface area contributed by atoms with Gasteiger partial charge in [0.05, 0.1) is 17.1 Å². The van der Waals surface area contributed by atoms with Crippen LogP contribution in [0.4, 0.5) is 18.9 Å². The highest BCUT2D eigenvalue weighted by Gasteiger charge is 2.30. The van der Waals surface area contributed by atoms with E-state index in [1.807, 2.05) is 0 Å². The highest BCUT2D eigenvalue weighted by Crippen LogP contribution is 2.31. The Bertz CT molecular complexity index is 830. The summed E-state index contributed by atoms with van der Waals surface area (Å²) in [5, 5.41) is 0. The van der Waals surface area contributed by atoms with Crippen molar-refractivity contribution >= 4 is 15.7 Å². The molecule has 0 aliphatic carbocycles. The zero-order chi connectivity index (χ0) is 16.7. The Balaban J connectivity index is 1.84. The normalized spacial score (nSPS) is 14.2. The molecule has 0 atom stereocenters. The summed E-state index contributed by atoms with van der Waals surface area (Å²) in [4.78, 5) is 0.0432. The molecule has 0 saturated heterocycles. The van der Waals surface area contributed by atoms with Crippen LogP contribution in [-0.4, -0.2) is 15.0 Å². The van der Waals surface area contributed by atoms with E-state index in [-0.39, 0.29) is 10.6 Å². The average Bonchev–Trinajstić information content (AvgIpc) is 2.93. The summed E-state index contributed by atoms with van der Waals surface area (Å²) in [5.41, 5.74) is 0.0187. The van der Waals surface area contributed by atoms with Crippen LogP contribution in [0.25, 0.3) is 0 Å². The highest BCUT2D eigenvalue weighted by atomic mass is 32.2. The van der Waals surface area contributed by atoms with E-state index in [1.165, 1.54) is 12.1 Å². The predicted octanol–water partition coefficient (Wildman–Crippen LogP) is 3.44. The summed E-state index contributed by atoms with van der Waals surface area (Å²) in [7, 11) is -3.87. The van der Waals surface area contributed by atoms with Gasteiger partial charge in [0, 0.05) is 12.1 Å². The first kappa shape index (κ1) is 15.7. The number of anilines is 1. The summed E-state index contributed by atoms with van der Waals surface area (Å²) in [6, 6.07) is 8.30. The minimum absolute atomic E-state index is 0.0432. The second-order valence-corrected chi connectivity index (χ2v) is 6.73. The van der Waals surface area contributed by atoms with Crippen molar-refractivity contribution in [3.63, 3.8) is 0 Å². The van der Waals surface area contributed by atoms with Crippen LogP contribution < -0.4 is 9.46 Å². The van der Waals surface area contributed by atoms with E-state index in [2.05, 4.69) is 4.72 Å². The zero-order valence-electron chi connectivity index (χ0n) is 11.7. The SMILES string of the molecule is O=S(=O)(Nc1ccc(C(F)(F)F)cc1)c1ccc2c(c1)CCO2. The first-order valence-electron chi connectivity index (χ1n) is 6.71. The van der Waals surface area contributed by atoms with Gasteiger partial charge in [-0.05, 0) is 48.0 Å². The van der Waals surface area contributed by atoms with Gasteiger partial charge >= 0.3 is 6.18 Å². The first-order valence-corrected chi connectivity index (χ1v) is 8.20. The Morgan fingerprint density at radius 3 is 2.39 bits per heavy atom. The molecule has 0 unspecified atom stereocenters. The van der Waals surface area contributed by atoms with E-state index in [0.29, 0.717) is 18.8 Å². The van der Waals surface area contributed by atoms with Gasteiger partial charge in [0.2, 0.25) is 0 Å². The van der Waals surface area contributed by atoms with E-state index in [1.54, 1.807) is 6.07 Å². The monoisotopic (exact) mass is 343 g/mol. The van der Waals surface area contributed by atoms with E-state index in [4.69, 9.17) is 4.74 Å². The van der Waals surface area contributed by atoms with Crippen LogP contribution in [0.3, 0.4) is 0 Å². The predicted molar refractivity (Wildman–Crippen MR) is 77.9 cm³/mol. The molecule has 2 aromatic carbocycles. The number of hydrogen-bond donors (Lipinski definition) is 1. The molecule has 1 heterocycles. The molecular formula is C15H12F3NO3S. The zero-order valence-corrected chi connectivity index (χ0v) is 12.5. The molecule has 0 saturated carbocycles. The van der Waals surface area contributed by atoms with Crippen molar-refractivity contribution in [3.8, 4) is 5.75 Å². The van der Waals surface area contributed by atoms with Crippen molar-refractivity contribution in [2.24, 2.45) is 0 Å². The van der Waals surface area contributed by atoms with Crippen LogP contribution in [0, 0.1) is 0 Å². The molecule has 0 bridgehead atoms. The molecule has 0 aromatic heterocycles. The van der Waals surface area contributed by atoms with Gasteiger partial charge in [-0.1, -0.05) is 0 Å². The summed E-state index contributed by atoms with van der Waals surface area (Å²) >= 11 is 0. The topological polar surface area (TPSA) is 55.4 Å². The van der Waals surface area contributed by atoms with E-state index in [0.717, 1.165) is 29.8 Å². The molecule has 1 N–H and O–H groups in total. The number of alkyl halides is 3. The summed E-state index contributed by atoms with van der Waals surface area (Å²) < 4.78 is 69.7. The van der Waals surface area contributed by atoms with Crippen molar-refractivity contribution in [2.45, 2.75) is 17.5 Å². The number of halogens is 3. The molecule has 122 valence electrons. The Hall–Kier alpha value is -2.22. The number of benzene rings is 2. The Kier molecular flexibility index (Phi) is 3.71. The standard InChI is InChI=1S/C15H12F3NO3S/c16-15(17,18)11-1-3-12(4-2-11)19-23(20,21)13-5-6-14-10(9-13)7-8-22-14/h1-6,9,19H,7-8H2. The molecule has 0 radical (unpaired) electrons. The lowest BCUT2D eigenvalue weighted by Gasteiger charge is -2.11. The van der Waals surface area contributed by atoms with Crippen molar-refractivity contribution in [3.05, 3.63) is 53.6 Å². The molecule has 3 rings (SSSR count). The lowest BCUT2D eigenvalue weighted by Crippen LogP contribution is -2.13. The van der Waals surface area contributed by atoms with E-state index < -0.39 is 21.8 Å². The largest absolute Gasteiger partial charge is 0.493 e. The number of nitrogens with one attached hydrogen (secondary N) is 1. The molecule has 2 aromatic rings. The van der Waals surface area contributed by atoms with Gasteiger partial charge < -0.3 is 4.74 Å². The fourth-order valence-electron chi connectivity index (χ4n) is 2.27. The lowest BCUT2D eigenvalue weighted by molar-refractivity contribution is -0.137. The third-order valence-electron chi connectivity index (χ3n) is 3.44. The Labute approximate surface area is 130 Å². The maximum absolute atomic E-state index is 12.5. The first-order chi connectivity index (χ1) is 10.8. The highest BCUT2D eigenvalue weighted by molar-refractivity contribution is 7.92. The van der Waals surface area contributed by atoms with E-state index in [9.17, 15) is 21.6 Å². The fraction of sp³-hybridized carbons (Fsp3) is 0.200. The van der Waals surface area contributed by atoms with Gasteiger partial charge in [0.25, 0.3) is 10.0 Å². The van der Waals surface area contributed by atoms with Crippen LogP contribution in [0.15, 0.2) is 47.4 Å². The van der Waals surface area contributed by atoms with Crippen molar-refractivity contribution < 1.29 is 26.3 Å². The Morgan fingerprint density at radius 1 is 1.04 bits per heavy atom. The molecule has 1 aliphatic rings. The third-order valence-corrected chi connectivity index (χ3v) is 4.81. The minimum atomic E-state index is -4.46.